The van der Waals surface area contributed by atoms with Crippen LogP contribution in [0.3, 0.4) is 0 Å². The van der Waals surface area contributed by atoms with Crippen molar-refractivity contribution in [1.82, 2.24) is 9.88 Å². The highest BCUT2D eigenvalue weighted by Crippen LogP contribution is 2.34. The summed E-state index contributed by atoms with van der Waals surface area (Å²) in [5, 5.41) is 0. The van der Waals surface area contributed by atoms with Crippen molar-refractivity contribution in [3.63, 3.8) is 0 Å². The van der Waals surface area contributed by atoms with Gasteiger partial charge in [0.1, 0.15) is 5.82 Å². The Bertz CT molecular complexity index is 614. The first-order valence-electron chi connectivity index (χ1n) is 7.77. The lowest BCUT2D eigenvalue weighted by atomic mass is 9.94. The van der Waals surface area contributed by atoms with Crippen LogP contribution in [0, 0.1) is 5.41 Å². The maximum absolute atomic E-state index is 12.7. The summed E-state index contributed by atoms with van der Waals surface area (Å²) >= 11 is 3.19. The monoisotopic (exact) mass is 407 g/mol. The molecule has 1 aromatic heterocycles. The summed E-state index contributed by atoms with van der Waals surface area (Å²) in [4.78, 5) is 20.1. The minimum atomic E-state index is -4.41. The Morgan fingerprint density at radius 1 is 1.17 bits per heavy atom. The minimum absolute atomic E-state index is 0.0868. The van der Waals surface area contributed by atoms with Gasteiger partial charge in [-0.05, 0) is 28.4 Å². The highest BCUT2D eigenvalue weighted by molar-refractivity contribution is 9.10. The highest BCUT2D eigenvalue weighted by Gasteiger charge is 2.33. The smallest absolute Gasteiger partial charge is 0.354 e. The molecule has 0 unspecified atom stereocenters. The summed E-state index contributed by atoms with van der Waals surface area (Å²) in [6, 6.07) is 1.05. The third-order valence-electron chi connectivity index (χ3n) is 3.87. The third kappa shape index (κ3) is 4.40. The van der Waals surface area contributed by atoms with Gasteiger partial charge in [0.2, 0.25) is 5.91 Å². The number of rotatable bonds is 1. The van der Waals surface area contributed by atoms with Gasteiger partial charge < -0.3 is 9.80 Å². The molecule has 1 aliphatic rings. The van der Waals surface area contributed by atoms with Crippen molar-refractivity contribution in [2.45, 2.75) is 33.4 Å². The predicted octanol–water partition coefficient (Wildman–Crippen LogP) is 3.95. The first-order chi connectivity index (χ1) is 11.0. The lowest BCUT2D eigenvalue weighted by Crippen LogP contribution is -2.41. The number of pyridine rings is 1. The molecule has 0 aromatic carbocycles. The molecule has 0 radical (unpaired) electrons. The molecule has 0 aliphatic carbocycles. The molecule has 0 saturated carbocycles. The lowest BCUT2D eigenvalue weighted by molar-refractivity contribution is -0.139. The van der Waals surface area contributed by atoms with E-state index in [-0.39, 0.29) is 5.91 Å². The molecular weight excluding hydrogens is 387 g/mol. The predicted molar refractivity (Wildman–Crippen MR) is 89.8 cm³/mol. The average molecular weight is 408 g/mol. The number of hydrogen-bond donors (Lipinski definition) is 0. The van der Waals surface area contributed by atoms with Gasteiger partial charge in [0, 0.05) is 37.8 Å². The number of carbonyl (C=O) groups excluding carboxylic acids is 1. The summed E-state index contributed by atoms with van der Waals surface area (Å²) in [6.07, 6.45) is -2.82. The fraction of sp³-hybridized carbons (Fsp3) is 0.625. The van der Waals surface area contributed by atoms with E-state index < -0.39 is 17.2 Å². The van der Waals surface area contributed by atoms with Gasteiger partial charge in [0.05, 0.1) is 10.0 Å². The summed E-state index contributed by atoms with van der Waals surface area (Å²) in [7, 11) is 0. The second kappa shape index (κ2) is 6.90. The Kier molecular flexibility index (Phi) is 5.47. The maximum Gasteiger partial charge on any atom is 0.417 e. The van der Waals surface area contributed by atoms with E-state index >= 15 is 0 Å². The Balaban J connectivity index is 2.13. The molecule has 24 heavy (non-hydrogen) atoms. The summed E-state index contributed by atoms with van der Waals surface area (Å²) in [5.41, 5.74) is -1.22. The lowest BCUT2D eigenvalue weighted by Gasteiger charge is -2.28. The Morgan fingerprint density at radius 3 is 2.38 bits per heavy atom. The molecule has 0 spiro atoms. The van der Waals surface area contributed by atoms with E-state index in [1.807, 2.05) is 30.6 Å². The minimum Gasteiger partial charge on any atom is -0.354 e. The van der Waals surface area contributed by atoms with Crippen LogP contribution < -0.4 is 4.90 Å². The van der Waals surface area contributed by atoms with E-state index in [9.17, 15) is 18.0 Å². The zero-order valence-electron chi connectivity index (χ0n) is 14.0. The molecule has 1 fully saturated rings. The van der Waals surface area contributed by atoms with E-state index in [4.69, 9.17) is 0 Å². The van der Waals surface area contributed by atoms with Gasteiger partial charge >= 0.3 is 6.18 Å². The molecule has 0 atom stereocenters. The van der Waals surface area contributed by atoms with Crippen LogP contribution in [-0.2, 0) is 11.0 Å². The van der Waals surface area contributed by atoms with Gasteiger partial charge in [0.25, 0.3) is 0 Å². The van der Waals surface area contributed by atoms with Crippen molar-refractivity contribution < 1.29 is 18.0 Å². The number of anilines is 1. The molecule has 8 heteroatoms. The second-order valence-corrected chi connectivity index (χ2v) is 7.76. The van der Waals surface area contributed by atoms with Crippen LogP contribution in [0.4, 0.5) is 19.0 Å². The van der Waals surface area contributed by atoms with Crippen molar-refractivity contribution in [2.75, 3.05) is 31.1 Å². The van der Waals surface area contributed by atoms with Gasteiger partial charge in [-0.2, -0.15) is 13.2 Å². The third-order valence-corrected chi connectivity index (χ3v) is 4.46. The number of amides is 1. The van der Waals surface area contributed by atoms with Gasteiger partial charge in [-0.3, -0.25) is 4.79 Å². The maximum atomic E-state index is 12.7. The zero-order chi connectivity index (χ0) is 18.1. The average Bonchev–Trinajstić information content (AvgIpc) is 2.70. The first kappa shape index (κ1) is 19.0. The van der Waals surface area contributed by atoms with Crippen LogP contribution in [-0.4, -0.2) is 42.0 Å². The topological polar surface area (TPSA) is 36.4 Å². The quantitative estimate of drug-likeness (QED) is 0.706. The van der Waals surface area contributed by atoms with E-state index in [1.54, 1.807) is 0 Å². The molecule has 1 aromatic rings. The first-order valence-corrected chi connectivity index (χ1v) is 8.56. The molecule has 1 saturated heterocycles. The van der Waals surface area contributed by atoms with Crippen LogP contribution in [0.1, 0.15) is 32.8 Å². The number of carbonyl (C=O) groups is 1. The van der Waals surface area contributed by atoms with Crippen molar-refractivity contribution >= 4 is 27.7 Å². The van der Waals surface area contributed by atoms with Gasteiger partial charge in [0.15, 0.2) is 0 Å². The Labute approximate surface area is 148 Å². The summed E-state index contributed by atoms with van der Waals surface area (Å²) in [6.45, 7) is 8.00. The SMILES string of the molecule is CC(C)(C)C(=O)N1CCCN(c2ncc(C(F)(F)F)cc2Br)CC1. The van der Waals surface area contributed by atoms with E-state index in [0.29, 0.717) is 36.5 Å². The zero-order valence-corrected chi connectivity index (χ0v) is 15.5. The van der Waals surface area contributed by atoms with Crippen LogP contribution in [0.2, 0.25) is 0 Å². The Morgan fingerprint density at radius 2 is 1.83 bits per heavy atom. The number of nitrogens with zero attached hydrogens (tertiary/aromatic N) is 3. The van der Waals surface area contributed by atoms with Crippen LogP contribution >= 0.6 is 15.9 Å². The van der Waals surface area contributed by atoms with Crippen molar-refractivity contribution in [3.8, 4) is 0 Å². The number of alkyl halides is 3. The largest absolute Gasteiger partial charge is 0.417 e. The van der Waals surface area contributed by atoms with Crippen LogP contribution in [0.5, 0.6) is 0 Å². The molecule has 0 N–H and O–H groups in total. The van der Waals surface area contributed by atoms with Gasteiger partial charge in [-0.25, -0.2) is 4.98 Å². The van der Waals surface area contributed by atoms with Crippen molar-refractivity contribution in [1.29, 1.82) is 0 Å². The fourth-order valence-corrected chi connectivity index (χ4v) is 3.22. The number of aromatic nitrogens is 1. The number of halogens is 4. The molecule has 2 rings (SSSR count). The second-order valence-electron chi connectivity index (χ2n) is 6.91. The highest BCUT2D eigenvalue weighted by atomic mass is 79.9. The van der Waals surface area contributed by atoms with Gasteiger partial charge in [-0.1, -0.05) is 20.8 Å². The molecule has 1 aliphatic heterocycles. The molecule has 4 nitrogen and oxygen atoms in total. The number of hydrogen-bond acceptors (Lipinski definition) is 3. The Hall–Kier alpha value is -1.31. The normalized spacial score (nSPS) is 17.0. The molecular formula is C16H21BrF3N3O. The molecule has 0 bridgehead atoms. The molecule has 134 valence electrons. The van der Waals surface area contributed by atoms with E-state index in [1.165, 1.54) is 0 Å². The van der Waals surface area contributed by atoms with Gasteiger partial charge in [-0.15, -0.1) is 0 Å². The van der Waals surface area contributed by atoms with Crippen molar-refractivity contribution in [2.24, 2.45) is 5.41 Å². The summed E-state index contributed by atoms with van der Waals surface area (Å²) in [5.74, 6) is 0.567. The van der Waals surface area contributed by atoms with E-state index in [0.717, 1.165) is 18.7 Å². The van der Waals surface area contributed by atoms with Crippen LogP contribution in [0.15, 0.2) is 16.7 Å². The standard InChI is InChI=1S/C16H21BrF3N3O/c1-15(2,3)14(24)23-6-4-5-22(7-8-23)13-12(17)9-11(10-21-13)16(18,19)20/h9-10H,4-8H2,1-3H3. The molecule has 2 heterocycles. The fourth-order valence-electron chi connectivity index (χ4n) is 2.63. The van der Waals surface area contributed by atoms with E-state index in [2.05, 4.69) is 20.9 Å². The van der Waals surface area contributed by atoms with Crippen molar-refractivity contribution in [3.05, 3.63) is 22.3 Å². The van der Waals surface area contributed by atoms with Crippen LogP contribution in [0.25, 0.3) is 0 Å². The molecule has 1 amide bonds. The summed E-state index contributed by atoms with van der Waals surface area (Å²) < 4.78 is 38.5.